The Morgan fingerprint density at radius 3 is 2.38 bits per heavy atom. The Morgan fingerprint density at radius 2 is 1.92 bits per heavy atom. The van der Waals surface area contributed by atoms with Crippen LogP contribution in [0.5, 0.6) is 0 Å². The minimum atomic E-state index is -2.50. The topological polar surface area (TPSA) is 26.0 Å². The van der Waals surface area contributed by atoms with Gasteiger partial charge in [0.15, 0.2) is 0 Å². The van der Waals surface area contributed by atoms with Gasteiger partial charge in [-0.2, -0.15) is 0 Å². The highest BCUT2D eigenvalue weighted by atomic mass is 127. The van der Waals surface area contributed by atoms with Crippen molar-refractivity contribution >= 4 is 35.0 Å². The second kappa shape index (κ2) is 5.72. The van der Waals surface area contributed by atoms with Crippen LogP contribution >= 0.6 is 35.0 Å². The molecule has 1 aromatic carbocycles. The first-order valence-corrected chi connectivity index (χ1v) is 4.48. The van der Waals surface area contributed by atoms with Crippen molar-refractivity contribution < 1.29 is 8.78 Å². The molecule has 0 aromatic heterocycles. The lowest BCUT2D eigenvalue weighted by Gasteiger charge is -2.10. The zero-order valence-electron chi connectivity index (χ0n) is 6.58. The molecule has 0 aliphatic carbocycles. The fourth-order valence-corrected chi connectivity index (χ4v) is 1.43. The van der Waals surface area contributed by atoms with Crippen molar-refractivity contribution in [2.75, 3.05) is 0 Å². The second-order valence-corrected chi connectivity index (χ2v) is 3.66. The number of hydrogen-bond acceptors (Lipinski definition) is 1. The predicted octanol–water partition coefficient (Wildman–Crippen LogP) is 2.98. The zero-order chi connectivity index (χ0) is 9.14. The van der Waals surface area contributed by atoms with Gasteiger partial charge in [-0.1, -0.05) is 12.1 Å². The highest BCUT2D eigenvalue weighted by Crippen LogP contribution is 2.19. The molecule has 0 radical (unpaired) electrons. The summed E-state index contributed by atoms with van der Waals surface area (Å²) in [5.74, 6) is 0. The SMILES string of the molecule is Cl.N[C@H](c1cccc(I)c1)C(F)F. The summed E-state index contributed by atoms with van der Waals surface area (Å²) in [6.45, 7) is 0. The van der Waals surface area contributed by atoms with Crippen molar-refractivity contribution in [3.05, 3.63) is 33.4 Å². The van der Waals surface area contributed by atoms with Gasteiger partial charge in [-0.15, -0.1) is 12.4 Å². The molecule has 0 fully saturated rings. The van der Waals surface area contributed by atoms with Crippen LogP contribution in [0.3, 0.4) is 0 Å². The van der Waals surface area contributed by atoms with Gasteiger partial charge in [0.05, 0.1) is 6.04 Å². The molecule has 1 atom stereocenters. The number of hydrogen-bond donors (Lipinski definition) is 1. The van der Waals surface area contributed by atoms with Crippen LogP contribution < -0.4 is 5.73 Å². The van der Waals surface area contributed by atoms with E-state index in [-0.39, 0.29) is 12.4 Å². The lowest BCUT2D eigenvalue weighted by Crippen LogP contribution is -2.18. The standard InChI is InChI=1S/C8H8F2IN.ClH/c9-8(10)7(12)5-2-1-3-6(11)4-5;/h1-4,7-8H,12H2;1H/t7-;/m1./s1. The van der Waals surface area contributed by atoms with Crippen LogP contribution in [-0.4, -0.2) is 6.43 Å². The van der Waals surface area contributed by atoms with Gasteiger partial charge in [0, 0.05) is 3.57 Å². The third kappa shape index (κ3) is 3.74. The van der Waals surface area contributed by atoms with Crippen molar-refractivity contribution in [3.63, 3.8) is 0 Å². The fraction of sp³-hybridized carbons (Fsp3) is 0.250. The van der Waals surface area contributed by atoms with E-state index in [1.54, 1.807) is 18.2 Å². The van der Waals surface area contributed by atoms with Gasteiger partial charge in [0.2, 0.25) is 0 Å². The summed E-state index contributed by atoms with van der Waals surface area (Å²) >= 11 is 2.06. The fourth-order valence-electron chi connectivity index (χ4n) is 0.859. The Bertz CT molecular complexity index is 270. The Balaban J connectivity index is 0.00000144. The van der Waals surface area contributed by atoms with Crippen LogP contribution in [0.15, 0.2) is 24.3 Å². The van der Waals surface area contributed by atoms with E-state index in [0.717, 1.165) is 3.57 Å². The van der Waals surface area contributed by atoms with E-state index in [9.17, 15) is 8.78 Å². The van der Waals surface area contributed by atoms with Gasteiger partial charge in [-0.25, -0.2) is 8.78 Å². The van der Waals surface area contributed by atoms with Crippen LogP contribution in [0.2, 0.25) is 0 Å². The van der Waals surface area contributed by atoms with E-state index < -0.39 is 12.5 Å². The summed E-state index contributed by atoms with van der Waals surface area (Å²) in [6.07, 6.45) is -2.50. The first kappa shape index (κ1) is 13.1. The molecule has 0 aliphatic heterocycles. The van der Waals surface area contributed by atoms with Crippen molar-refractivity contribution in [1.82, 2.24) is 0 Å². The van der Waals surface area contributed by atoms with Gasteiger partial charge >= 0.3 is 0 Å². The number of benzene rings is 1. The van der Waals surface area contributed by atoms with E-state index >= 15 is 0 Å². The van der Waals surface area contributed by atoms with Gasteiger partial charge in [-0.3, -0.25) is 0 Å². The molecule has 1 rings (SSSR count). The van der Waals surface area contributed by atoms with Gasteiger partial charge in [0.1, 0.15) is 0 Å². The molecule has 0 spiro atoms. The average molecular weight is 320 g/mol. The number of halogens is 4. The molecular formula is C8H9ClF2IN. The Morgan fingerprint density at radius 1 is 1.31 bits per heavy atom. The van der Waals surface area contributed by atoms with Crippen LogP contribution in [0.25, 0.3) is 0 Å². The summed E-state index contributed by atoms with van der Waals surface area (Å²) in [6, 6.07) is 5.66. The van der Waals surface area contributed by atoms with Crippen LogP contribution in [0.1, 0.15) is 11.6 Å². The zero-order valence-corrected chi connectivity index (χ0v) is 9.56. The largest absolute Gasteiger partial charge is 0.319 e. The minimum absolute atomic E-state index is 0. The summed E-state index contributed by atoms with van der Waals surface area (Å²) in [5, 5.41) is 0. The van der Waals surface area contributed by atoms with Crippen molar-refractivity contribution in [1.29, 1.82) is 0 Å². The summed E-state index contributed by atoms with van der Waals surface area (Å²) < 4.78 is 25.2. The van der Waals surface area contributed by atoms with Gasteiger partial charge in [0.25, 0.3) is 6.43 Å². The Kier molecular flexibility index (Phi) is 5.75. The normalized spacial score (nSPS) is 12.4. The molecule has 0 saturated heterocycles. The van der Waals surface area contributed by atoms with Crippen LogP contribution in [0.4, 0.5) is 8.78 Å². The molecule has 1 aromatic rings. The quantitative estimate of drug-likeness (QED) is 0.833. The molecule has 74 valence electrons. The van der Waals surface area contributed by atoms with Gasteiger partial charge < -0.3 is 5.73 Å². The summed E-state index contributed by atoms with van der Waals surface area (Å²) in [5.41, 5.74) is 5.74. The van der Waals surface area contributed by atoms with Crippen LogP contribution in [0, 0.1) is 3.57 Å². The van der Waals surface area contributed by atoms with E-state index in [1.165, 1.54) is 0 Å². The summed E-state index contributed by atoms with van der Waals surface area (Å²) in [4.78, 5) is 0. The number of alkyl halides is 2. The molecule has 1 nitrogen and oxygen atoms in total. The third-order valence-electron chi connectivity index (χ3n) is 1.51. The molecule has 0 aliphatic rings. The van der Waals surface area contributed by atoms with E-state index in [0.29, 0.717) is 5.56 Å². The van der Waals surface area contributed by atoms with Crippen molar-refractivity contribution in [3.8, 4) is 0 Å². The predicted molar refractivity (Wildman–Crippen MR) is 59.3 cm³/mol. The number of rotatable bonds is 2. The van der Waals surface area contributed by atoms with Crippen molar-refractivity contribution in [2.24, 2.45) is 5.73 Å². The lowest BCUT2D eigenvalue weighted by atomic mass is 10.1. The van der Waals surface area contributed by atoms with E-state index in [2.05, 4.69) is 22.6 Å². The molecule has 2 N–H and O–H groups in total. The highest BCUT2D eigenvalue weighted by Gasteiger charge is 2.16. The molecule has 5 heteroatoms. The Labute approximate surface area is 95.2 Å². The molecule has 13 heavy (non-hydrogen) atoms. The van der Waals surface area contributed by atoms with E-state index in [4.69, 9.17) is 5.73 Å². The molecule has 0 saturated carbocycles. The molecular weight excluding hydrogens is 310 g/mol. The maximum Gasteiger partial charge on any atom is 0.257 e. The monoisotopic (exact) mass is 319 g/mol. The minimum Gasteiger partial charge on any atom is -0.319 e. The maximum absolute atomic E-state index is 12.1. The third-order valence-corrected chi connectivity index (χ3v) is 2.18. The summed E-state index contributed by atoms with van der Waals surface area (Å²) in [7, 11) is 0. The molecule has 0 bridgehead atoms. The van der Waals surface area contributed by atoms with E-state index in [1.807, 2.05) is 6.07 Å². The first-order chi connectivity index (χ1) is 5.61. The molecule has 0 amide bonds. The second-order valence-electron chi connectivity index (χ2n) is 2.42. The first-order valence-electron chi connectivity index (χ1n) is 3.40. The molecule has 0 unspecified atom stereocenters. The van der Waals surface area contributed by atoms with Crippen molar-refractivity contribution in [2.45, 2.75) is 12.5 Å². The highest BCUT2D eigenvalue weighted by molar-refractivity contribution is 14.1. The molecule has 0 heterocycles. The maximum atomic E-state index is 12.1. The lowest BCUT2D eigenvalue weighted by molar-refractivity contribution is 0.116. The van der Waals surface area contributed by atoms with Gasteiger partial charge in [-0.05, 0) is 40.3 Å². The Hall–Kier alpha value is 0.0600. The average Bonchev–Trinajstić information content (AvgIpc) is 2.03. The van der Waals surface area contributed by atoms with Crippen LogP contribution in [-0.2, 0) is 0 Å². The number of nitrogens with two attached hydrogens (primary N) is 1. The smallest absolute Gasteiger partial charge is 0.257 e.